The molecule has 8 heteroatoms. The minimum atomic E-state index is 0.0375. The molecule has 0 spiro atoms. The third-order valence-electron chi connectivity index (χ3n) is 7.16. The average molecular weight is 463 g/mol. The molecular weight excluding hydrogens is 424 g/mol. The van der Waals surface area contributed by atoms with Crippen LogP contribution in [0.3, 0.4) is 0 Å². The second-order valence-electron chi connectivity index (χ2n) is 9.80. The van der Waals surface area contributed by atoms with E-state index in [0.29, 0.717) is 0 Å². The number of likely N-dealkylation sites (N-methyl/N-ethyl adjacent to an activating group) is 1. The number of nitrogens with one attached hydrogen (secondary N) is 2. The molecular formula is C26H38N8. The van der Waals surface area contributed by atoms with Crippen LogP contribution in [0.4, 0.5) is 5.82 Å². The summed E-state index contributed by atoms with van der Waals surface area (Å²) in [4.78, 5) is 17.3. The molecule has 8 nitrogen and oxygen atoms in total. The SMILES string of the molecule is C=C(CC)Nc1ccc(C2=NC(N3CCCCC3)c3cc(CN4CCN(C)CC4)cn3N2)cn1. The van der Waals surface area contributed by atoms with Crippen molar-refractivity contribution in [2.45, 2.75) is 45.3 Å². The van der Waals surface area contributed by atoms with E-state index < -0.39 is 0 Å². The Bertz CT molecular complexity index is 1010. The Morgan fingerprint density at radius 2 is 1.91 bits per heavy atom. The molecule has 0 radical (unpaired) electrons. The number of pyridine rings is 1. The number of fused-ring (bicyclic) bond motifs is 1. The van der Waals surface area contributed by atoms with E-state index in [-0.39, 0.29) is 6.17 Å². The summed E-state index contributed by atoms with van der Waals surface area (Å²) in [6, 6.07) is 6.43. The Labute approximate surface area is 203 Å². The number of hydrogen-bond acceptors (Lipinski definition) is 7. The first-order valence-corrected chi connectivity index (χ1v) is 12.7. The number of piperidine rings is 1. The number of amidine groups is 1. The van der Waals surface area contributed by atoms with E-state index >= 15 is 0 Å². The summed E-state index contributed by atoms with van der Waals surface area (Å²) in [5.41, 5.74) is 8.10. The van der Waals surface area contributed by atoms with Gasteiger partial charge in [0, 0.05) is 69.5 Å². The molecule has 5 heterocycles. The zero-order valence-corrected chi connectivity index (χ0v) is 20.6. The lowest BCUT2D eigenvalue weighted by Crippen LogP contribution is -2.43. The second-order valence-corrected chi connectivity index (χ2v) is 9.80. The molecule has 182 valence electrons. The zero-order chi connectivity index (χ0) is 23.5. The van der Waals surface area contributed by atoms with E-state index in [9.17, 15) is 0 Å². The first kappa shape index (κ1) is 23.1. The van der Waals surface area contributed by atoms with Gasteiger partial charge >= 0.3 is 0 Å². The van der Waals surface area contributed by atoms with Crippen molar-refractivity contribution < 1.29 is 0 Å². The normalized spacial score (nSPS) is 22.1. The number of hydrogen-bond donors (Lipinski definition) is 2. The molecule has 0 aromatic carbocycles. The van der Waals surface area contributed by atoms with Crippen LogP contribution >= 0.6 is 0 Å². The summed E-state index contributed by atoms with van der Waals surface area (Å²) in [6.07, 6.45) is 8.87. The summed E-state index contributed by atoms with van der Waals surface area (Å²) >= 11 is 0. The maximum absolute atomic E-state index is 5.21. The minimum Gasteiger partial charge on any atom is -0.344 e. The highest BCUT2D eigenvalue weighted by atomic mass is 15.5. The van der Waals surface area contributed by atoms with Gasteiger partial charge in [-0.1, -0.05) is 19.9 Å². The fourth-order valence-corrected chi connectivity index (χ4v) is 4.96. The number of anilines is 1. The van der Waals surface area contributed by atoms with E-state index in [4.69, 9.17) is 4.99 Å². The lowest BCUT2D eigenvalue weighted by Gasteiger charge is -2.35. The van der Waals surface area contributed by atoms with Crippen LogP contribution in [0.2, 0.25) is 0 Å². The molecule has 2 saturated heterocycles. The third kappa shape index (κ3) is 5.19. The number of aliphatic imine (C=N–C) groups is 1. The first-order chi connectivity index (χ1) is 16.6. The summed E-state index contributed by atoms with van der Waals surface area (Å²) in [5.74, 6) is 1.69. The molecule has 1 unspecified atom stereocenters. The van der Waals surface area contributed by atoms with Gasteiger partial charge < -0.3 is 10.2 Å². The topological polar surface area (TPSA) is 64.0 Å². The van der Waals surface area contributed by atoms with Crippen LogP contribution in [0, 0.1) is 0 Å². The summed E-state index contributed by atoms with van der Waals surface area (Å²) in [6.45, 7) is 13.8. The largest absolute Gasteiger partial charge is 0.344 e. The Morgan fingerprint density at radius 3 is 2.62 bits per heavy atom. The molecule has 2 aromatic heterocycles. The summed E-state index contributed by atoms with van der Waals surface area (Å²) in [7, 11) is 2.21. The van der Waals surface area contributed by atoms with Crippen molar-refractivity contribution in [2.24, 2.45) is 4.99 Å². The molecule has 5 rings (SSSR count). The lowest BCUT2D eigenvalue weighted by molar-refractivity contribution is 0.148. The molecule has 3 aliphatic heterocycles. The van der Waals surface area contributed by atoms with Crippen molar-refractivity contribution in [1.29, 1.82) is 0 Å². The molecule has 1 atom stereocenters. The fourth-order valence-electron chi connectivity index (χ4n) is 4.96. The van der Waals surface area contributed by atoms with E-state index in [2.05, 4.69) is 74.0 Å². The standard InChI is InChI=1S/C26H38N8/c1-4-20(2)28-24-9-8-22(17-27-24)25-29-26(33-10-6-5-7-11-33)23-16-21(19-34(23)30-25)18-32-14-12-31(3)13-15-32/h8-9,16-17,19,26H,2,4-7,10-15,18H2,1,3H3,(H,27,28)(H,29,30). The van der Waals surface area contributed by atoms with Crippen molar-refractivity contribution in [2.75, 3.05) is 57.1 Å². The number of likely N-dealkylation sites (tertiary alicyclic amines) is 1. The summed E-state index contributed by atoms with van der Waals surface area (Å²) in [5, 5.41) is 3.26. The quantitative estimate of drug-likeness (QED) is 0.657. The molecule has 0 amide bonds. The van der Waals surface area contributed by atoms with Crippen molar-refractivity contribution in [3.63, 3.8) is 0 Å². The molecule has 0 bridgehead atoms. The predicted molar refractivity (Wildman–Crippen MR) is 139 cm³/mol. The van der Waals surface area contributed by atoms with Gasteiger partial charge in [0.05, 0.1) is 5.69 Å². The minimum absolute atomic E-state index is 0.0375. The predicted octanol–water partition coefficient (Wildman–Crippen LogP) is 3.45. The van der Waals surface area contributed by atoms with E-state index in [1.54, 1.807) is 0 Å². The van der Waals surface area contributed by atoms with E-state index in [1.807, 2.05) is 12.3 Å². The van der Waals surface area contributed by atoms with Gasteiger partial charge in [-0.3, -0.25) is 19.9 Å². The van der Waals surface area contributed by atoms with Crippen LogP contribution in [-0.2, 0) is 6.54 Å². The molecule has 34 heavy (non-hydrogen) atoms. The summed E-state index contributed by atoms with van der Waals surface area (Å²) < 4.78 is 2.19. The van der Waals surface area contributed by atoms with E-state index in [1.165, 1.54) is 30.5 Å². The highest BCUT2D eigenvalue weighted by Gasteiger charge is 2.30. The number of nitrogens with zero attached hydrogens (tertiary/aromatic N) is 6. The number of aromatic nitrogens is 2. The lowest BCUT2D eigenvalue weighted by atomic mass is 10.1. The van der Waals surface area contributed by atoms with Gasteiger partial charge in [-0.25, -0.2) is 9.98 Å². The van der Waals surface area contributed by atoms with Gasteiger partial charge in [-0.2, -0.15) is 0 Å². The fraction of sp³-hybridized carbons (Fsp3) is 0.538. The van der Waals surface area contributed by atoms with Gasteiger partial charge in [0.2, 0.25) is 0 Å². The van der Waals surface area contributed by atoms with Gasteiger partial charge in [0.15, 0.2) is 5.84 Å². The second kappa shape index (κ2) is 10.3. The maximum atomic E-state index is 5.21. The van der Waals surface area contributed by atoms with Crippen LogP contribution < -0.4 is 10.7 Å². The zero-order valence-electron chi connectivity index (χ0n) is 20.6. The number of allylic oxidation sites excluding steroid dienone is 1. The van der Waals surface area contributed by atoms with Crippen LogP contribution in [0.25, 0.3) is 0 Å². The van der Waals surface area contributed by atoms with Crippen molar-refractivity contribution >= 4 is 11.7 Å². The van der Waals surface area contributed by atoms with Gasteiger partial charge in [-0.05, 0) is 50.1 Å². The molecule has 0 saturated carbocycles. The average Bonchev–Trinajstić information content (AvgIpc) is 3.28. The van der Waals surface area contributed by atoms with Crippen LogP contribution in [0.5, 0.6) is 0 Å². The van der Waals surface area contributed by atoms with E-state index in [0.717, 1.165) is 75.1 Å². The van der Waals surface area contributed by atoms with Crippen LogP contribution in [0.15, 0.2) is 47.9 Å². The highest BCUT2D eigenvalue weighted by molar-refractivity contribution is 6.04. The Hall–Kier alpha value is -2.68. The van der Waals surface area contributed by atoms with Crippen molar-refractivity contribution in [3.8, 4) is 0 Å². The van der Waals surface area contributed by atoms with Crippen molar-refractivity contribution in [1.82, 2.24) is 24.4 Å². The Balaban J connectivity index is 1.38. The monoisotopic (exact) mass is 462 g/mol. The molecule has 0 aliphatic carbocycles. The highest BCUT2D eigenvalue weighted by Crippen LogP contribution is 2.31. The smallest absolute Gasteiger partial charge is 0.151 e. The van der Waals surface area contributed by atoms with Crippen LogP contribution in [-0.4, -0.2) is 76.5 Å². The Kier molecular flexibility index (Phi) is 6.99. The number of rotatable bonds is 7. The van der Waals surface area contributed by atoms with Crippen LogP contribution in [0.1, 0.15) is 55.6 Å². The molecule has 3 aliphatic rings. The Morgan fingerprint density at radius 1 is 1.12 bits per heavy atom. The number of piperazine rings is 1. The first-order valence-electron chi connectivity index (χ1n) is 12.7. The molecule has 2 fully saturated rings. The van der Waals surface area contributed by atoms with Gasteiger partial charge in [0.25, 0.3) is 0 Å². The molecule has 2 N–H and O–H groups in total. The van der Waals surface area contributed by atoms with Crippen molar-refractivity contribution in [3.05, 3.63) is 59.7 Å². The van der Waals surface area contributed by atoms with Gasteiger partial charge in [-0.15, -0.1) is 0 Å². The maximum Gasteiger partial charge on any atom is 0.151 e. The molecule has 2 aromatic rings. The third-order valence-corrected chi connectivity index (χ3v) is 7.16. The van der Waals surface area contributed by atoms with Gasteiger partial charge in [0.1, 0.15) is 12.0 Å².